The van der Waals surface area contributed by atoms with Gasteiger partial charge in [-0.25, -0.2) is 4.79 Å². The zero-order valence-corrected chi connectivity index (χ0v) is 14.3. The molecule has 0 heterocycles. The van der Waals surface area contributed by atoms with E-state index in [9.17, 15) is 14.4 Å². The van der Waals surface area contributed by atoms with Crippen LogP contribution in [0.1, 0.15) is 84.0 Å². The number of ketones is 1. The highest BCUT2D eigenvalue weighted by Crippen LogP contribution is 2.17. The van der Waals surface area contributed by atoms with Crippen molar-refractivity contribution in [3.63, 3.8) is 0 Å². The molecule has 0 saturated carbocycles. The second-order valence-corrected chi connectivity index (χ2v) is 6.24. The zero-order valence-electron chi connectivity index (χ0n) is 14.3. The van der Waals surface area contributed by atoms with E-state index in [1.807, 2.05) is 0 Å². The highest BCUT2D eigenvalue weighted by Gasteiger charge is 2.41. The van der Waals surface area contributed by atoms with Crippen LogP contribution < -0.4 is 11.5 Å². The molecule has 0 aliphatic heterocycles. The fraction of sp³-hybridized carbons (Fsp3) is 0.824. The summed E-state index contributed by atoms with van der Waals surface area (Å²) in [5, 5.41) is 9.16. The molecule has 0 aromatic heterocycles. The van der Waals surface area contributed by atoms with Gasteiger partial charge in [0, 0.05) is 12.8 Å². The Hall–Kier alpha value is -1.43. The molecule has 6 heteroatoms. The lowest BCUT2D eigenvalue weighted by Crippen LogP contribution is -2.55. The van der Waals surface area contributed by atoms with Gasteiger partial charge in [-0.05, 0) is 12.8 Å². The number of carbonyl (C=O) groups excluding carboxylic acids is 2. The summed E-state index contributed by atoms with van der Waals surface area (Å²) in [6, 6.07) is 0. The van der Waals surface area contributed by atoms with E-state index in [1.54, 1.807) is 0 Å². The normalized spacial score (nSPS) is 13.5. The predicted molar refractivity (Wildman–Crippen MR) is 89.8 cm³/mol. The smallest absolute Gasteiger partial charge is 0.331 e. The van der Waals surface area contributed by atoms with E-state index in [1.165, 1.54) is 32.1 Å². The van der Waals surface area contributed by atoms with Crippen LogP contribution in [0.4, 0.5) is 0 Å². The molecule has 0 bridgehead atoms. The standard InChI is InChI=1S/C17H32N2O4/c1-2-3-4-5-6-7-8-9-10-11-14(20)17(19,16(22)23)13-12-15(18)21/h2-13,19H2,1H3,(H2,18,21)(H,22,23). The molecule has 23 heavy (non-hydrogen) atoms. The molecule has 0 radical (unpaired) electrons. The predicted octanol–water partition coefficient (Wildman–Crippen LogP) is 2.52. The zero-order chi connectivity index (χ0) is 17.7. The molecule has 0 aromatic rings. The minimum atomic E-state index is -1.99. The number of primary amides is 1. The third-order valence-electron chi connectivity index (χ3n) is 4.15. The first-order valence-corrected chi connectivity index (χ1v) is 8.68. The van der Waals surface area contributed by atoms with Crippen molar-refractivity contribution in [3.05, 3.63) is 0 Å². The van der Waals surface area contributed by atoms with Gasteiger partial charge in [0.25, 0.3) is 0 Å². The van der Waals surface area contributed by atoms with E-state index in [-0.39, 0.29) is 19.3 Å². The number of carboxylic acid groups (broad SMARTS) is 1. The van der Waals surface area contributed by atoms with Gasteiger partial charge in [0.15, 0.2) is 11.3 Å². The Labute approximate surface area is 139 Å². The summed E-state index contributed by atoms with van der Waals surface area (Å²) in [4.78, 5) is 34.1. The van der Waals surface area contributed by atoms with Crippen molar-refractivity contribution in [1.29, 1.82) is 0 Å². The average molecular weight is 328 g/mol. The fourth-order valence-corrected chi connectivity index (χ4v) is 2.51. The van der Waals surface area contributed by atoms with Gasteiger partial charge in [-0.2, -0.15) is 0 Å². The molecule has 1 atom stereocenters. The first-order valence-electron chi connectivity index (χ1n) is 8.68. The maximum Gasteiger partial charge on any atom is 0.331 e. The van der Waals surface area contributed by atoms with Crippen LogP contribution in [-0.4, -0.2) is 28.3 Å². The van der Waals surface area contributed by atoms with Crippen LogP contribution in [0.3, 0.4) is 0 Å². The molecule has 0 rings (SSSR count). The first-order chi connectivity index (χ1) is 10.8. The second-order valence-electron chi connectivity index (χ2n) is 6.24. The van der Waals surface area contributed by atoms with Gasteiger partial charge in [0.05, 0.1) is 0 Å². The molecule has 1 unspecified atom stereocenters. The Morgan fingerprint density at radius 2 is 1.35 bits per heavy atom. The molecular weight excluding hydrogens is 296 g/mol. The number of hydrogen-bond donors (Lipinski definition) is 3. The Morgan fingerprint density at radius 1 is 0.870 bits per heavy atom. The monoisotopic (exact) mass is 328 g/mol. The Morgan fingerprint density at radius 3 is 1.78 bits per heavy atom. The molecule has 0 saturated heterocycles. The highest BCUT2D eigenvalue weighted by atomic mass is 16.4. The van der Waals surface area contributed by atoms with Gasteiger partial charge in [-0.3, -0.25) is 9.59 Å². The number of hydrogen-bond acceptors (Lipinski definition) is 4. The van der Waals surface area contributed by atoms with Crippen molar-refractivity contribution in [2.24, 2.45) is 11.5 Å². The van der Waals surface area contributed by atoms with Gasteiger partial charge in [-0.1, -0.05) is 58.3 Å². The number of aliphatic carboxylic acids is 1. The van der Waals surface area contributed by atoms with Crippen molar-refractivity contribution in [2.75, 3.05) is 0 Å². The van der Waals surface area contributed by atoms with E-state index in [0.717, 1.165) is 19.3 Å². The highest BCUT2D eigenvalue weighted by molar-refractivity contribution is 6.07. The molecule has 0 fully saturated rings. The van der Waals surface area contributed by atoms with Crippen LogP contribution in [-0.2, 0) is 14.4 Å². The number of Topliss-reactive ketones (excluding diaryl/α,β-unsaturated/α-hetero) is 1. The number of carbonyl (C=O) groups is 3. The van der Waals surface area contributed by atoms with E-state index in [0.29, 0.717) is 6.42 Å². The van der Waals surface area contributed by atoms with Gasteiger partial charge in [0.2, 0.25) is 5.91 Å². The van der Waals surface area contributed by atoms with Crippen LogP contribution in [0.2, 0.25) is 0 Å². The van der Waals surface area contributed by atoms with Crippen LogP contribution in [0.15, 0.2) is 0 Å². The summed E-state index contributed by atoms with van der Waals surface area (Å²) >= 11 is 0. The Bertz CT molecular complexity index is 385. The van der Waals surface area contributed by atoms with Gasteiger partial charge < -0.3 is 16.6 Å². The maximum absolute atomic E-state index is 12.1. The molecule has 0 spiro atoms. The van der Waals surface area contributed by atoms with Crippen molar-refractivity contribution in [2.45, 2.75) is 89.5 Å². The van der Waals surface area contributed by atoms with Crippen molar-refractivity contribution in [1.82, 2.24) is 0 Å². The lowest BCUT2D eigenvalue weighted by atomic mass is 9.87. The minimum absolute atomic E-state index is 0.136. The fourth-order valence-electron chi connectivity index (χ4n) is 2.51. The van der Waals surface area contributed by atoms with Gasteiger partial charge in [0.1, 0.15) is 0 Å². The molecule has 0 aliphatic carbocycles. The van der Waals surface area contributed by atoms with Crippen LogP contribution in [0, 0.1) is 0 Å². The summed E-state index contributed by atoms with van der Waals surface area (Å²) in [5.41, 5.74) is 8.69. The number of unbranched alkanes of at least 4 members (excludes halogenated alkanes) is 8. The molecular formula is C17H32N2O4. The largest absolute Gasteiger partial charge is 0.480 e. The molecule has 5 N–H and O–H groups in total. The first kappa shape index (κ1) is 21.6. The van der Waals surface area contributed by atoms with Crippen molar-refractivity contribution >= 4 is 17.7 Å². The van der Waals surface area contributed by atoms with Crippen molar-refractivity contribution < 1.29 is 19.5 Å². The van der Waals surface area contributed by atoms with Gasteiger partial charge >= 0.3 is 5.97 Å². The third-order valence-corrected chi connectivity index (χ3v) is 4.15. The van der Waals surface area contributed by atoms with Crippen LogP contribution in [0.25, 0.3) is 0 Å². The summed E-state index contributed by atoms with van der Waals surface area (Å²) in [5.74, 6) is -2.56. The third kappa shape index (κ3) is 9.33. The molecule has 1 amide bonds. The number of nitrogens with two attached hydrogens (primary N) is 2. The van der Waals surface area contributed by atoms with E-state index < -0.39 is 23.2 Å². The van der Waals surface area contributed by atoms with Crippen LogP contribution in [0.5, 0.6) is 0 Å². The minimum Gasteiger partial charge on any atom is -0.480 e. The summed E-state index contributed by atoms with van der Waals surface area (Å²) in [7, 11) is 0. The lowest BCUT2D eigenvalue weighted by molar-refractivity contribution is -0.148. The lowest BCUT2D eigenvalue weighted by Gasteiger charge is -2.22. The SMILES string of the molecule is CCCCCCCCCCCC(=O)C(N)(CCC(N)=O)C(=O)O. The molecule has 134 valence electrons. The Kier molecular flexibility index (Phi) is 11.3. The van der Waals surface area contributed by atoms with E-state index in [4.69, 9.17) is 16.6 Å². The van der Waals surface area contributed by atoms with Gasteiger partial charge in [-0.15, -0.1) is 0 Å². The molecule has 0 aromatic carbocycles. The van der Waals surface area contributed by atoms with E-state index in [2.05, 4.69) is 6.92 Å². The summed E-state index contributed by atoms with van der Waals surface area (Å²) in [6.45, 7) is 2.19. The maximum atomic E-state index is 12.1. The second kappa shape index (κ2) is 12.0. The molecule has 0 aliphatic rings. The van der Waals surface area contributed by atoms with E-state index >= 15 is 0 Å². The number of carboxylic acids is 1. The van der Waals surface area contributed by atoms with Crippen molar-refractivity contribution in [3.8, 4) is 0 Å². The Balaban J connectivity index is 3.96. The summed E-state index contributed by atoms with van der Waals surface area (Å²) in [6.07, 6.45) is 9.68. The quantitative estimate of drug-likeness (QED) is 0.315. The summed E-state index contributed by atoms with van der Waals surface area (Å²) < 4.78 is 0. The topological polar surface area (TPSA) is 123 Å². The molecule has 6 nitrogen and oxygen atoms in total. The number of rotatable bonds is 15. The van der Waals surface area contributed by atoms with Crippen LogP contribution >= 0.6 is 0 Å². The average Bonchev–Trinajstić information content (AvgIpc) is 2.50. The number of amides is 1.